The van der Waals surface area contributed by atoms with Gasteiger partial charge in [-0.15, -0.1) is 0 Å². The number of halogens is 1. The highest BCUT2D eigenvalue weighted by atomic mass is 35.5. The number of rotatable bonds is 2. The Hall–Kier alpha value is -2.01. The van der Waals surface area contributed by atoms with Gasteiger partial charge in [-0.25, -0.2) is 0 Å². The molecule has 0 atom stereocenters. The maximum atomic E-state index is 12.7. The van der Waals surface area contributed by atoms with Crippen LogP contribution in [-0.4, -0.2) is 47.8 Å². The molecule has 0 unspecified atom stereocenters. The Morgan fingerprint density at radius 2 is 1.65 bits per heavy atom. The number of fused-ring (bicyclic) bond motifs is 1. The molecule has 0 N–H and O–H groups in total. The van der Waals surface area contributed by atoms with Crippen LogP contribution in [0.1, 0.15) is 42.7 Å². The molecule has 4 rings (SSSR count). The lowest BCUT2D eigenvalue weighted by Crippen LogP contribution is -2.52. The molecule has 138 valence electrons. The summed E-state index contributed by atoms with van der Waals surface area (Å²) in [6, 6.07) is 7.05. The quantitative estimate of drug-likeness (QED) is 0.799. The van der Waals surface area contributed by atoms with Crippen molar-refractivity contribution in [3.8, 4) is 0 Å². The molecule has 26 heavy (non-hydrogen) atoms. The van der Waals surface area contributed by atoms with E-state index in [9.17, 15) is 9.59 Å². The average Bonchev–Trinajstić information content (AvgIpc) is 3.11. The Morgan fingerprint density at radius 3 is 2.38 bits per heavy atom. The number of nitrogens with zero attached hydrogens (tertiary/aromatic N) is 2. The molecule has 5 nitrogen and oxygen atoms in total. The van der Waals surface area contributed by atoms with Crippen molar-refractivity contribution in [2.24, 2.45) is 5.92 Å². The van der Waals surface area contributed by atoms with Crippen molar-refractivity contribution in [2.45, 2.75) is 32.1 Å². The third-order valence-electron chi connectivity index (χ3n) is 5.52. The number of furan rings is 1. The Bertz CT molecular complexity index is 818. The van der Waals surface area contributed by atoms with Gasteiger partial charge in [0.1, 0.15) is 5.58 Å². The first-order valence-electron chi connectivity index (χ1n) is 9.39. The molecule has 1 aliphatic heterocycles. The fraction of sp³-hybridized carbons (Fsp3) is 0.500. The van der Waals surface area contributed by atoms with Gasteiger partial charge >= 0.3 is 0 Å². The van der Waals surface area contributed by atoms with E-state index in [1.165, 1.54) is 6.42 Å². The number of hydrogen-bond acceptors (Lipinski definition) is 3. The zero-order chi connectivity index (χ0) is 18.1. The third-order valence-corrected chi connectivity index (χ3v) is 5.76. The molecule has 6 heteroatoms. The van der Waals surface area contributed by atoms with Crippen LogP contribution in [0.5, 0.6) is 0 Å². The summed E-state index contributed by atoms with van der Waals surface area (Å²) in [4.78, 5) is 29.1. The van der Waals surface area contributed by atoms with E-state index in [0.717, 1.165) is 31.1 Å². The summed E-state index contributed by atoms with van der Waals surface area (Å²) in [6.07, 6.45) is 5.59. The van der Waals surface area contributed by atoms with E-state index in [1.54, 1.807) is 29.2 Å². The van der Waals surface area contributed by atoms with Gasteiger partial charge < -0.3 is 14.2 Å². The zero-order valence-electron chi connectivity index (χ0n) is 14.7. The molecule has 1 saturated carbocycles. The fourth-order valence-corrected chi connectivity index (χ4v) is 4.19. The molecule has 1 saturated heterocycles. The highest BCUT2D eigenvalue weighted by Crippen LogP contribution is 2.27. The second-order valence-corrected chi connectivity index (χ2v) is 7.68. The molecular formula is C20H23ClN2O3. The standard InChI is InChI=1S/C20H23ClN2O3/c21-16-6-7-17-15(12-16)13-18(26-17)20(25)23-10-8-22(9-11-23)19(24)14-4-2-1-3-5-14/h6-7,12-14H,1-5,8-11H2. The first kappa shape index (κ1) is 17.4. The van der Waals surface area contributed by atoms with Crippen molar-refractivity contribution < 1.29 is 14.0 Å². The molecule has 2 amide bonds. The summed E-state index contributed by atoms with van der Waals surface area (Å²) in [5.41, 5.74) is 0.656. The Morgan fingerprint density at radius 1 is 0.962 bits per heavy atom. The average molecular weight is 375 g/mol. The lowest BCUT2D eigenvalue weighted by Gasteiger charge is -2.36. The summed E-state index contributed by atoms with van der Waals surface area (Å²) >= 11 is 5.99. The molecule has 0 spiro atoms. The molecule has 1 aromatic carbocycles. The van der Waals surface area contributed by atoms with Crippen molar-refractivity contribution in [1.29, 1.82) is 0 Å². The van der Waals surface area contributed by atoms with Crippen molar-refractivity contribution in [3.05, 3.63) is 35.0 Å². The van der Waals surface area contributed by atoms with E-state index in [2.05, 4.69) is 0 Å². The van der Waals surface area contributed by atoms with Crippen molar-refractivity contribution in [3.63, 3.8) is 0 Å². The molecule has 2 fully saturated rings. The van der Waals surface area contributed by atoms with E-state index in [0.29, 0.717) is 42.5 Å². The van der Waals surface area contributed by atoms with Crippen LogP contribution in [-0.2, 0) is 4.79 Å². The lowest BCUT2D eigenvalue weighted by molar-refractivity contribution is -0.138. The molecule has 0 bridgehead atoms. The highest BCUT2D eigenvalue weighted by molar-refractivity contribution is 6.31. The van der Waals surface area contributed by atoms with Crippen molar-refractivity contribution >= 4 is 34.4 Å². The Labute approximate surface area is 157 Å². The minimum absolute atomic E-state index is 0.123. The maximum absolute atomic E-state index is 12.7. The normalized spacial score (nSPS) is 19.1. The second kappa shape index (κ2) is 7.31. The van der Waals surface area contributed by atoms with Crippen molar-refractivity contribution in [2.75, 3.05) is 26.2 Å². The number of piperazine rings is 1. The van der Waals surface area contributed by atoms with Gasteiger partial charge in [-0.2, -0.15) is 0 Å². The van der Waals surface area contributed by atoms with Gasteiger partial charge in [-0.3, -0.25) is 9.59 Å². The smallest absolute Gasteiger partial charge is 0.289 e. The zero-order valence-corrected chi connectivity index (χ0v) is 15.5. The third kappa shape index (κ3) is 3.45. The Balaban J connectivity index is 1.38. The van der Waals surface area contributed by atoms with Gasteiger partial charge in [0, 0.05) is 42.5 Å². The van der Waals surface area contributed by atoms with E-state index < -0.39 is 0 Å². The minimum Gasteiger partial charge on any atom is -0.451 e. The topological polar surface area (TPSA) is 53.8 Å². The van der Waals surface area contributed by atoms with Crippen molar-refractivity contribution in [1.82, 2.24) is 9.80 Å². The molecule has 1 aromatic heterocycles. The van der Waals surface area contributed by atoms with Crippen LogP contribution in [0, 0.1) is 5.92 Å². The summed E-state index contributed by atoms with van der Waals surface area (Å²) in [6.45, 7) is 2.31. The first-order valence-corrected chi connectivity index (χ1v) is 9.77. The van der Waals surface area contributed by atoms with Crippen LogP contribution in [0.2, 0.25) is 5.02 Å². The fourth-order valence-electron chi connectivity index (χ4n) is 4.01. The van der Waals surface area contributed by atoms with Gasteiger partial charge in [0.15, 0.2) is 5.76 Å². The van der Waals surface area contributed by atoms with E-state index in [-0.39, 0.29) is 17.7 Å². The van der Waals surface area contributed by atoms with Crippen LogP contribution < -0.4 is 0 Å². The molecule has 2 heterocycles. The molecule has 2 aromatic rings. The van der Waals surface area contributed by atoms with Crippen LogP contribution >= 0.6 is 11.6 Å². The number of benzene rings is 1. The predicted octanol–water partition coefficient (Wildman–Crippen LogP) is 3.95. The number of amides is 2. The van der Waals surface area contributed by atoms with Crippen LogP contribution in [0.25, 0.3) is 11.0 Å². The summed E-state index contributed by atoms with van der Waals surface area (Å²) < 4.78 is 5.68. The van der Waals surface area contributed by atoms with Crippen LogP contribution in [0.15, 0.2) is 28.7 Å². The molecular weight excluding hydrogens is 352 g/mol. The summed E-state index contributed by atoms with van der Waals surface area (Å²) in [5, 5.41) is 1.44. The van der Waals surface area contributed by atoms with E-state index in [4.69, 9.17) is 16.0 Å². The van der Waals surface area contributed by atoms with E-state index in [1.807, 2.05) is 4.90 Å². The van der Waals surface area contributed by atoms with Gasteiger partial charge in [0.2, 0.25) is 5.91 Å². The van der Waals surface area contributed by atoms with Gasteiger partial charge in [-0.1, -0.05) is 30.9 Å². The monoisotopic (exact) mass is 374 g/mol. The van der Waals surface area contributed by atoms with Gasteiger partial charge in [0.25, 0.3) is 5.91 Å². The number of hydrogen-bond donors (Lipinski definition) is 0. The Kier molecular flexibility index (Phi) is 4.90. The summed E-state index contributed by atoms with van der Waals surface area (Å²) in [5.74, 6) is 0.665. The molecule has 2 aliphatic rings. The number of carbonyl (C=O) groups is 2. The number of carbonyl (C=O) groups excluding carboxylic acids is 2. The van der Waals surface area contributed by atoms with E-state index >= 15 is 0 Å². The van der Waals surface area contributed by atoms with Gasteiger partial charge in [-0.05, 0) is 37.1 Å². The maximum Gasteiger partial charge on any atom is 0.289 e. The largest absolute Gasteiger partial charge is 0.451 e. The first-order chi connectivity index (χ1) is 12.6. The van der Waals surface area contributed by atoms with Gasteiger partial charge in [0.05, 0.1) is 0 Å². The molecule has 1 aliphatic carbocycles. The second-order valence-electron chi connectivity index (χ2n) is 7.25. The lowest BCUT2D eigenvalue weighted by atomic mass is 9.88. The SMILES string of the molecule is O=C(c1cc2cc(Cl)ccc2o1)N1CCN(C(=O)C2CCCCC2)CC1. The van der Waals surface area contributed by atoms with Crippen LogP contribution in [0.4, 0.5) is 0 Å². The highest BCUT2D eigenvalue weighted by Gasteiger charge is 2.30. The molecule has 0 radical (unpaired) electrons. The summed E-state index contributed by atoms with van der Waals surface area (Å²) in [7, 11) is 0. The minimum atomic E-state index is -0.123. The van der Waals surface area contributed by atoms with Crippen LogP contribution in [0.3, 0.4) is 0 Å². The predicted molar refractivity (Wildman–Crippen MR) is 100 cm³/mol.